The van der Waals surface area contributed by atoms with Crippen LogP contribution >= 0.6 is 0 Å². The van der Waals surface area contributed by atoms with Gasteiger partial charge < -0.3 is 4.74 Å². The molecule has 0 bridgehead atoms. The van der Waals surface area contributed by atoms with E-state index in [2.05, 4.69) is 5.32 Å². The second-order valence-corrected chi connectivity index (χ2v) is 4.95. The molecule has 17 heavy (non-hydrogen) atoms. The van der Waals surface area contributed by atoms with Gasteiger partial charge in [-0.2, -0.15) is 0 Å². The van der Waals surface area contributed by atoms with Crippen molar-refractivity contribution in [3.05, 3.63) is 0 Å². The summed E-state index contributed by atoms with van der Waals surface area (Å²) in [5, 5.41) is 2.28. The molecule has 2 saturated heterocycles. The van der Waals surface area contributed by atoms with Crippen molar-refractivity contribution in [1.29, 1.82) is 0 Å². The number of barbiturate groups is 1. The van der Waals surface area contributed by atoms with Gasteiger partial charge in [0, 0.05) is 6.61 Å². The molecule has 6 heteroatoms. The van der Waals surface area contributed by atoms with Crippen molar-refractivity contribution in [2.75, 3.05) is 6.61 Å². The van der Waals surface area contributed by atoms with Crippen LogP contribution in [0.3, 0.4) is 0 Å². The predicted molar refractivity (Wildman–Crippen MR) is 55.9 cm³/mol. The van der Waals surface area contributed by atoms with Gasteiger partial charge in [-0.05, 0) is 26.2 Å². The number of urea groups is 1. The highest BCUT2D eigenvalue weighted by Crippen LogP contribution is 2.49. The quantitative estimate of drug-likeness (QED) is 0.653. The van der Waals surface area contributed by atoms with Gasteiger partial charge in [0.2, 0.25) is 11.8 Å². The van der Waals surface area contributed by atoms with Crippen LogP contribution in [-0.4, -0.2) is 41.5 Å². The van der Waals surface area contributed by atoms with Crippen molar-refractivity contribution in [1.82, 2.24) is 10.2 Å². The first-order chi connectivity index (χ1) is 8.06. The molecule has 2 heterocycles. The first-order valence-electron chi connectivity index (χ1n) is 5.87. The molecule has 4 amide bonds. The Morgan fingerprint density at radius 1 is 1.35 bits per heavy atom. The number of hydrogen-bond donors (Lipinski definition) is 1. The molecule has 1 N–H and O–H groups in total. The van der Waals surface area contributed by atoms with Crippen LogP contribution in [0.5, 0.6) is 0 Å². The zero-order chi connectivity index (χ0) is 12.2. The van der Waals surface area contributed by atoms with Gasteiger partial charge >= 0.3 is 6.03 Å². The summed E-state index contributed by atoms with van der Waals surface area (Å²) in [6.07, 6.45) is 1.57. The summed E-state index contributed by atoms with van der Waals surface area (Å²) in [7, 11) is 0. The molecular formula is C11H14N2O4. The number of imide groups is 2. The van der Waals surface area contributed by atoms with E-state index in [4.69, 9.17) is 4.74 Å². The van der Waals surface area contributed by atoms with Crippen LogP contribution in [0.2, 0.25) is 0 Å². The van der Waals surface area contributed by atoms with Crippen LogP contribution in [0, 0.1) is 5.41 Å². The molecule has 1 aliphatic carbocycles. The van der Waals surface area contributed by atoms with Crippen LogP contribution in [0.25, 0.3) is 0 Å². The van der Waals surface area contributed by atoms with E-state index in [1.165, 1.54) is 4.90 Å². The van der Waals surface area contributed by atoms with Gasteiger partial charge in [-0.15, -0.1) is 0 Å². The Bertz CT molecular complexity index is 416. The summed E-state index contributed by atoms with van der Waals surface area (Å²) in [6, 6.07) is -0.840. The number of carbonyl (C=O) groups excluding carboxylic acids is 3. The summed E-state index contributed by atoms with van der Waals surface area (Å²) in [6.45, 7) is 2.39. The van der Waals surface area contributed by atoms with Crippen LogP contribution in [0.15, 0.2) is 0 Å². The van der Waals surface area contributed by atoms with Gasteiger partial charge in [-0.3, -0.25) is 19.8 Å². The standard InChI is InChI=1S/C11H14N2O4/c1-6-7(2-5-17-6)13-9(15)11(3-4-11)8(14)12-10(13)16/h6-7H,2-5H2,1H3,(H,12,14,16). The average Bonchev–Trinajstić information content (AvgIpc) is 2.98. The number of carbonyl (C=O) groups is 3. The van der Waals surface area contributed by atoms with Gasteiger partial charge in [0.15, 0.2) is 0 Å². The van der Waals surface area contributed by atoms with Gasteiger partial charge in [-0.25, -0.2) is 4.79 Å². The van der Waals surface area contributed by atoms with Crippen molar-refractivity contribution in [2.24, 2.45) is 5.41 Å². The summed E-state index contributed by atoms with van der Waals surface area (Å²) < 4.78 is 5.37. The minimum atomic E-state index is -0.948. The third-order valence-electron chi connectivity index (χ3n) is 3.92. The highest BCUT2D eigenvalue weighted by Gasteiger charge is 2.63. The molecule has 0 radical (unpaired) electrons. The molecule has 0 aromatic carbocycles. The fourth-order valence-electron chi connectivity index (χ4n) is 2.62. The van der Waals surface area contributed by atoms with Gasteiger partial charge in [0.25, 0.3) is 0 Å². The van der Waals surface area contributed by atoms with Gasteiger partial charge in [-0.1, -0.05) is 0 Å². The second-order valence-electron chi connectivity index (χ2n) is 4.95. The molecule has 2 atom stereocenters. The van der Waals surface area contributed by atoms with E-state index in [1.54, 1.807) is 0 Å². The lowest BCUT2D eigenvalue weighted by atomic mass is 9.99. The number of ether oxygens (including phenoxy) is 1. The number of nitrogens with zero attached hydrogens (tertiary/aromatic N) is 1. The fourth-order valence-corrected chi connectivity index (χ4v) is 2.62. The number of amides is 4. The molecule has 3 aliphatic rings. The first-order valence-corrected chi connectivity index (χ1v) is 5.87. The van der Waals surface area contributed by atoms with Crippen LogP contribution in [-0.2, 0) is 14.3 Å². The van der Waals surface area contributed by atoms with Crippen molar-refractivity contribution in [2.45, 2.75) is 38.3 Å². The number of rotatable bonds is 1. The Balaban J connectivity index is 1.91. The molecule has 1 saturated carbocycles. The average molecular weight is 238 g/mol. The maximum absolute atomic E-state index is 12.3. The predicted octanol–water partition coefficient (Wildman–Crippen LogP) is 0.0224. The summed E-state index contributed by atoms with van der Waals surface area (Å²) in [4.78, 5) is 36.9. The zero-order valence-corrected chi connectivity index (χ0v) is 9.56. The second kappa shape index (κ2) is 3.29. The third kappa shape index (κ3) is 1.33. The molecule has 2 aliphatic heterocycles. The van der Waals surface area contributed by atoms with E-state index in [-0.39, 0.29) is 18.1 Å². The number of nitrogens with one attached hydrogen (secondary N) is 1. The highest BCUT2D eigenvalue weighted by molar-refractivity contribution is 6.21. The van der Waals surface area contributed by atoms with E-state index in [1.807, 2.05) is 6.92 Å². The summed E-state index contributed by atoms with van der Waals surface area (Å²) in [5.74, 6) is -0.774. The lowest BCUT2D eigenvalue weighted by molar-refractivity contribution is -0.146. The van der Waals surface area contributed by atoms with Gasteiger partial charge in [0.1, 0.15) is 5.41 Å². The molecule has 0 aromatic rings. The van der Waals surface area contributed by atoms with Crippen molar-refractivity contribution in [3.8, 4) is 0 Å². The van der Waals surface area contributed by atoms with Crippen LogP contribution in [0.4, 0.5) is 4.79 Å². The summed E-state index contributed by atoms with van der Waals surface area (Å²) >= 11 is 0. The Hall–Kier alpha value is -1.43. The van der Waals surface area contributed by atoms with Crippen LogP contribution in [0.1, 0.15) is 26.2 Å². The van der Waals surface area contributed by atoms with E-state index < -0.39 is 17.4 Å². The molecule has 3 rings (SSSR count). The van der Waals surface area contributed by atoms with E-state index in [0.29, 0.717) is 25.9 Å². The minimum absolute atomic E-state index is 0.159. The Morgan fingerprint density at radius 2 is 2.06 bits per heavy atom. The highest BCUT2D eigenvalue weighted by atomic mass is 16.5. The Kier molecular flexibility index (Phi) is 2.07. The zero-order valence-electron chi connectivity index (χ0n) is 9.56. The maximum Gasteiger partial charge on any atom is 0.331 e. The van der Waals surface area contributed by atoms with Crippen molar-refractivity contribution >= 4 is 17.8 Å². The number of hydrogen-bond acceptors (Lipinski definition) is 4. The lowest BCUT2D eigenvalue weighted by Crippen LogP contribution is -2.63. The third-order valence-corrected chi connectivity index (χ3v) is 3.92. The summed E-state index contributed by atoms with van der Waals surface area (Å²) in [5.41, 5.74) is -0.948. The van der Waals surface area contributed by atoms with Gasteiger partial charge in [0.05, 0.1) is 12.1 Å². The van der Waals surface area contributed by atoms with E-state index in [0.717, 1.165) is 0 Å². The molecule has 6 nitrogen and oxygen atoms in total. The molecule has 0 aromatic heterocycles. The van der Waals surface area contributed by atoms with Crippen molar-refractivity contribution in [3.63, 3.8) is 0 Å². The molecule has 92 valence electrons. The largest absolute Gasteiger partial charge is 0.376 e. The molecular weight excluding hydrogens is 224 g/mol. The fraction of sp³-hybridized carbons (Fsp3) is 0.727. The Labute approximate surface area is 98.3 Å². The van der Waals surface area contributed by atoms with Crippen molar-refractivity contribution < 1.29 is 19.1 Å². The normalized spacial score (nSPS) is 35.4. The molecule has 3 fully saturated rings. The Morgan fingerprint density at radius 3 is 2.59 bits per heavy atom. The topological polar surface area (TPSA) is 75.7 Å². The van der Waals surface area contributed by atoms with Crippen LogP contribution < -0.4 is 5.32 Å². The monoisotopic (exact) mass is 238 g/mol. The molecule has 1 spiro atoms. The minimum Gasteiger partial charge on any atom is -0.376 e. The lowest BCUT2D eigenvalue weighted by Gasteiger charge is -2.35. The van der Waals surface area contributed by atoms with E-state index >= 15 is 0 Å². The first kappa shape index (κ1) is 10.7. The smallest absolute Gasteiger partial charge is 0.331 e. The SMILES string of the molecule is CC1OCCC1N1C(=O)NC(=O)C2(CC2)C1=O. The maximum atomic E-state index is 12.3. The van der Waals surface area contributed by atoms with E-state index in [9.17, 15) is 14.4 Å². The molecule has 2 unspecified atom stereocenters.